The Morgan fingerprint density at radius 3 is 2.60 bits per heavy atom. The minimum Gasteiger partial charge on any atom is -0.313 e. The lowest BCUT2D eigenvalue weighted by atomic mass is 9.76. The Morgan fingerprint density at radius 2 is 2.00 bits per heavy atom. The zero-order valence-electron chi connectivity index (χ0n) is 9.39. The van der Waals surface area contributed by atoms with Gasteiger partial charge in [0.15, 0.2) is 0 Å². The molecule has 0 amide bonds. The maximum Gasteiger partial charge on any atom is 0.101 e. The lowest BCUT2D eigenvalue weighted by Crippen LogP contribution is -2.46. The molecule has 1 heterocycles. The van der Waals surface area contributed by atoms with Gasteiger partial charge >= 0.3 is 0 Å². The van der Waals surface area contributed by atoms with Crippen LogP contribution in [-0.4, -0.2) is 23.6 Å². The molecule has 0 aromatic heterocycles. The van der Waals surface area contributed by atoms with Gasteiger partial charge < -0.3 is 5.32 Å². The highest BCUT2D eigenvalue weighted by Crippen LogP contribution is 2.35. The van der Waals surface area contributed by atoms with Gasteiger partial charge in [0, 0.05) is 17.4 Å². The summed E-state index contributed by atoms with van der Waals surface area (Å²) in [5.74, 6) is 1.14. The fourth-order valence-electron chi connectivity index (χ4n) is 3.15. The maximum absolute atomic E-state index is 13.5. The first-order valence-electron chi connectivity index (χ1n) is 6.16. The van der Waals surface area contributed by atoms with E-state index in [1.54, 1.807) is 0 Å². The van der Waals surface area contributed by atoms with Crippen molar-refractivity contribution in [2.45, 2.75) is 56.1 Å². The molecule has 1 nitrogen and oxygen atoms in total. The zero-order valence-corrected chi connectivity index (χ0v) is 11.0. The number of piperidine rings is 1. The van der Waals surface area contributed by atoms with Crippen molar-refractivity contribution in [3.63, 3.8) is 0 Å². The molecule has 5 atom stereocenters. The van der Waals surface area contributed by atoms with Gasteiger partial charge in [-0.15, -0.1) is 0 Å². The van der Waals surface area contributed by atoms with E-state index in [1.165, 1.54) is 19.3 Å². The van der Waals surface area contributed by atoms with E-state index in [0.29, 0.717) is 22.7 Å². The van der Waals surface area contributed by atoms with Gasteiger partial charge in [-0.25, -0.2) is 4.39 Å². The van der Waals surface area contributed by atoms with Crippen LogP contribution < -0.4 is 5.32 Å². The molecule has 5 unspecified atom stereocenters. The first-order chi connectivity index (χ1) is 7.15. The van der Waals surface area contributed by atoms with Crippen LogP contribution in [0.25, 0.3) is 0 Å². The molecule has 0 bridgehead atoms. The number of halogens is 2. The van der Waals surface area contributed by atoms with Crippen molar-refractivity contribution in [1.82, 2.24) is 5.32 Å². The number of hydrogen-bond donors (Lipinski definition) is 1. The Hall–Kier alpha value is 0.370. The summed E-state index contributed by atoms with van der Waals surface area (Å²) in [7, 11) is 0. The van der Waals surface area contributed by atoms with Crippen LogP contribution in [0.5, 0.6) is 0 Å². The van der Waals surface area contributed by atoms with Crippen molar-refractivity contribution in [2.24, 2.45) is 11.8 Å². The van der Waals surface area contributed by atoms with Crippen LogP contribution in [0.1, 0.15) is 39.0 Å². The third-order valence-corrected chi connectivity index (χ3v) is 4.66. The molecular formula is C12H21BrFN. The van der Waals surface area contributed by atoms with Gasteiger partial charge in [-0.1, -0.05) is 22.9 Å². The predicted molar refractivity (Wildman–Crippen MR) is 65.1 cm³/mol. The zero-order chi connectivity index (χ0) is 10.8. The first-order valence-corrected chi connectivity index (χ1v) is 7.08. The molecule has 1 saturated carbocycles. The summed E-state index contributed by atoms with van der Waals surface area (Å²) in [5, 5.41) is 3.57. The second kappa shape index (κ2) is 5.13. The molecular weight excluding hydrogens is 257 g/mol. The van der Waals surface area contributed by atoms with E-state index in [9.17, 15) is 4.39 Å². The Bertz CT molecular complexity index is 194. The fraction of sp³-hybridized carbons (Fsp3) is 1.00. The minimum atomic E-state index is -0.553. The van der Waals surface area contributed by atoms with Crippen molar-refractivity contribution in [2.75, 3.05) is 6.54 Å². The van der Waals surface area contributed by atoms with Crippen LogP contribution >= 0.6 is 15.9 Å². The van der Waals surface area contributed by atoms with E-state index in [0.717, 1.165) is 19.4 Å². The van der Waals surface area contributed by atoms with Gasteiger partial charge in [-0.3, -0.25) is 0 Å². The highest BCUT2D eigenvalue weighted by molar-refractivity contribution is 9.09. The van der Waals surface area contributed by atoms with Gasteiger partial charge in [0.25, 0.3) is 0 Å². The van der Waals surface area contributed by atoms with Gasteiger partial charge in [0.05, 0.1) is 0 Å². The second-order valence-electron chi connectivity index (χ2n) is 5.36. The average Bonchev–Trinajstić information content (AvgIpc) is 2.17. The lowest BCUT2D eigenvalue weighted by molar-refractivity contribution is 0.121. The van der Waals surface area contributed by atoms with Crippen molar-refractivity contribution < 1.29 is 4.39 Å². The SMILES string of the molecule is CC1CC(F)CC(C2CCC(Br)CN2)C1. The van der Waals surface area contributed by atoms with Crippen LogP contribution in [0.2, 0.25) is 0 Å². The van der Waals surface area contributed by atoms with E-state index in [2.05, 4.69) is 28.2 Å². The summed E-state index contributed by atoms with van der Waals surface area (Å²) in [6.07, 6.45) is 4.67. The Kier molecular flexibility index (Phi) is 4.05. The van der Waals surface area contributed by atoms with Crippen LogP contribution in [0.3, 0.4) is 0 Å². The third kappa shape index (κ3) is 3.16. The molecule has 0 radical (unpaired) electrons. The summed E-state index contributed by atoms with van der Waals surface area (Å²) < 4.78 is 13.5. The third-order valence-electron chi connectivity index (χ3n) is 3.88. The second-order valence-corrected chi connectivity index (χ2v) is 6.65. The topological polar surface area (TPSA) is 12.0 Å². The standard InChI is InChI=1S/C12H21BrFN/c1-8-4-9(6-11(14)5-8)12-3-2-10(13)7-15-12/h8-12,15H,2-7H2,1H3. The Balaban J connectivity index is 1.87. The van der Waals surface area contributed by atoms with Crippen molar-refractivity contribution >= 4 is 15.9 Å². The molecule has 0 spiro atoms. The average molecular weight is 278 g/mol. The van der Waals surface area contributed by atoms with Gasteiger partial charge in [-0.05, 0) is 43.9 Å². The van der Waals surface area contributed by atoms with E-state index in [4.69, 9.17) is 0 Å². The normalized spacial score (nSPS) is 47.8. The summed E-state index contributed by atoms with van der Waals surface area (Å²) in [6, 6.07) is 0.569. The molecule has 1 aliphatic heterocycles. The molecule has 0 aromatic carbocycles. The van der Waals surface area contributed by atoms with Crippen LogP contribution in [-0.2, 0) is 0 Å². The molecule has 1 saturated heterocycles. The van der Waals surface area contributed by atoms with Crippen molar-refractivity contribution in [1.29, 1.82) is 0 Å². The quantitative estimate of drug-likeness (QED) is 0.726. The predicted octanol–water partition coefficient (Wildman–Crippen LogP) is 3.28. The number of rotatable bonds is 1. The van der Waals surface area contributed by atoms with Gasteiger partial charge in [0.1, 0.15) is 6.17 Å². The van der Waals surface area contributed by atoms with E-state index in [-0.39, 0.29) is 0 Å². The largest absolute Gasteiger partial charge is 0.313 e. The van der Waals surface area contributed by atoms with Crippen LogP contribution in [0.4, 0.5) is 4.39 Å². The summed E-state index contributed by atoms with van der Waals surface area (Å²) >= 11 is 3.63. The molecule has 2 aliphatic rings. The van der Waals surface area contributed by atoms with Gasteiger partial charge in [-0.2, -0.15) is 0 Å². The molecule has 2 rings (SSSR count). The molecule has 3 heteroatoms. The molecule has 1 N–H and O–H groups in total. The molecule has 0 aromatic rings. The van der Waals surface area contributed by atoms with E-state index >= 15 is 0 Å². The van der Waals surface area contributed by atoms with Gasteiger partial charge in [0.2, 0.25) is 0 Å². The molecule has 15 heavy (non-hydrogen) atoms. The molecule has 2 fully saturated rings. The number of nitrogens with one attached hydrogen (secondary N) is 1. The molecule has 1 aliphatic carbocycles. The highest BCUT2D eigenvalue weighted by Gasteiger charge is 2.33. The minimum absolute atomic E-state index is 0.553. The summed E-state index contributed by atoms with van der Waals surface area (Å²) in [6.45, 7) is 3.24. The van der Waals surface area contributed by atoms with Crippen LogP contribution in [0.15, 0.2) is 0 Å². The summed E-state index contributed by atoms with van der Waals surface area (Å²) in [4.78, 5) is 0.621. The summed E-state index contributed by atoms with van der Waals surface area (Å²) in [5.41, 5.74) is 0. The Morgan fingerprint density at radius 1 is 1.20 bits per heavy atom. The first kappa shape index (κ1) is 11.8. The fourth-order valence-corrected chi connectivity index (χ4v) is 3.60. The maximum atomic E-state index is 13.5. The monoisotopic (exact) mass is 277 g/mol. The lowest BCUT2D eigenvalue weighted by Gasteiger charge is -2.38. The smallest absolute Gasteiger partial charge is 0.101 e. The Labute approximate surface area is 100 Å². The van der Waals surface area contributed by atoms with Crippen LogP contribution in [0, 0.1) is 11.8 Å². The highest BCUT2D eigenvalue weighted by atomic mass is 79.9. The number of hydrogen-bond acceptors (Lipinski definition) is 1. The van der Waals surface area contributed by atoms with E-state index in [1.807, 2.05) is 0 Å². The van der Waals surface area contributed by atoms with E-state index < -0.39 is 6.17 Å². The van der Waals surface area contributed by atoms with Crippen molar-refractivity contribution in [3.05, 3.63) is 0 Å². The number of alkyl halides is 2. The molecule has 88 valence electrons. The van der Waals surface area contributed by atoms with Crippen molar-refractivity contribution in [3.8, 4) is 0 Å².